The second-order valence-electron chi connectivity index (χ2n) is 8.02. The van der Waals surface area contributed by atoms with Crippen molar-refractivity contribution in [3.05, 3.63) is 89.2 Å². The Kier molecular flexibility index (Phi) is 6.93. The molecular formula is C27H29N3O3. The van der Waals surface area contributed by atoms with E-state index in [-0.39, 0.29) is 5.91 Å². The topological polar surface area (TPSA) is 65.4 Å². The zero-order chi connectivity index (χ0) is 23.2. The van der Waals surface area contributed by atoms with Gasteiger partial charge in [-0.2, -0.15) is 0 Å². The van der Waals surface area contributed by atoms with E-state index in [4.69, 9.17) is 14.5 Å². The predicted molar refractivity (Wildman–Crippen MR) is 130 cm³/mol. The van der Waals surface area contributed by atoms with E-state index in [1.807, 2.05) is 36.4 Å². The fourth-order valence-electron chi connectivity index (χ4n) is 3.93. The normalized spacial score (nSPS) is 10.9. The van der Waals surface area contributed by atoms with Gasteiger partial charge in [0.05, 0.1) is 24.7 Å². The van der Waals surface area contributed by atoms with Crippen molar-refractivity contribution in [3.8, 4) is 11.5 Å². The Bertz CT molecular complexity index is 1260. The molecule has 0 fully saturated rings. The van der Waals surface area contributed by atoms with Crippen LogP contribution in [0, 0.1) is 13.8 Å². The maximum absolute atomic E-state index is 12.5. The van der Waals surface area contributed by atoms with Crippen LogP contribution in [0.25, 0.3) is 11.0 Å². The summed E-state index contributed by atoms with van der Waals surface area (Å²) in [6, 6.07) is 21.4. The number of benzene rings is 3. The SMILES string of the molecule is COc1cccc(C(=O)NCCc2nc3ccccc3n2CCOc2ccc(C)cc2C)c1. The molecule has 3 aromatic carbocycles. The molecule has 1 heterocycles. The lowest BCUT2D eigenvalue weighted by Gasteiger charge is -2.13. The highest BCUT2D eigenvalue weighted by atomic mass is 16.5. The number of carbonyl (C=O) groups excluding carboxylic acids is 1. The van der Waals surface area contributed by atoms with E-state index in [1.54, 1.807) is 19.2 Å². The van der Waals surface area contributed by atoms with Crippen LogP contribution in [-0.4, -0.2) is 35.7 Å². The lowest BCUT2D eigenvalue weighted by molar-refractivity contribution is 0.0953. The molecule has 0 unspecified atom stereocenters. The first kappa shape index (κ1) is 22.4. The Morgan fingerprint density at radius 2 is 1.88 bits per heavy atom. The molecule has 6 heteroatoms. The van der Waals surface area contributed by atoms with Crippen LogP contribution in [0.2, 0.25) is 0 Å². The third-order valence-corrected chi connectivity index (χ3v) is 5.60. The molecular weight excluding hydrogens is 414 g/mol. The molecule has 0 atom stereocenters. The van der Waals surface area contributed by atoms with E-state index < -0.39 is 0 Å². The van der Waals surface area contributed by atoms with Gasteiger partial charge in [0.2, 0.25) is 0 Å². The number of carbonyl (C=O) groups is 1. The second-order valence-corrected chi connectivity index (χ2v) is 8.02. The zero-order valence-corrected chi connectivity index (χ0v) is 19.3. The number of rotatable bonds is 9. The number of aryl methyl sites for hydroxylation is 2. The molecule has 4 rings (SSSR count). The Morgan fingerprint density at radius 1 is 1.03 bits per heavy atom. The van der Waals surface area contributed by atoms with Gasteiger partial charge in [0.1, 0.15) is 23.9 Å². The van der Waals surface area contributed by atoms with Gasteiger partial charge in [-0.1, -0.05) is 35.9 Å². The van der Waals surface area contributed by atoms with Crippen molar-refractivity contribution in [2.45, 2.75) is 26.8 Å². The number of imidazole rings is 1. The average Bonchev–Trinajstić information content (AvgIpc) is 3.17. The standard InChI is InChI=1S/C27H29N3O3/c1-19-11-12-25(20(2)17-19)33-16-15-30-24-10-5-4-9-23(24)29-26(30)13-14-28-27(31)21-7-6-8-22(18-21)32-3/h4-12,17-18H,13-16H2,1-3H3,(H,28,31). The third-order valence-electron chi connectivity index (χ3n) is 5.60. The molecule has 0 aliphatic heterocycles. The van der Waals surface area contributed by atoms with Crippen LogP contribution in [-0.2, 0) is 13.0 Å². The molecule has 0 spiro atoms. The Balaban J connectivity index is 1.42. The summed E-state index contributed by atoms with van der Waals surface area (Å²) in [5.74, 6) is 2.35. The van der Waals surface area contributed by atoms with Crippen LogP contribution >= 0.6 is 0 Å². The molecule has 0 saturated heterocycles. The first-order chi connectivity index (χ1) is 16.0. The van der Waals surface area contributed by atoms with Crippen LogP contribution < -0.4 is 14.8 Å². The van der Waals surface area contributed by atoms with Crippen molar-refractivity contribution >= 4 is 16.9 Å². The minimum Gasteiger partial charge on any atom is -0.497 e. The Labute approximate surface area is 194 Å². The molecule has 4 aromatic rings. The lowest BCUT2D eigenvalue weighted by Crippen LogP contribution is -2.26. The van der Waals surface area contributed by atoms with Crippen molar-refractivity contribution < 1.29 is 14.3 Å². The van der Waals surface area contributed by atoms with E-state index in [2.05, 4.69) is 41.9 Å². The molecule has 1 N–H and O–H groups in total. The maximum Gasteiger partial charge on any atom is 0.251 e. The average molecular weight is 444 g/mol. The first-order valence-corrected chi connectivity index (χ1v) is 11.1. The van der Waals surface area contributed by atoms with Gasteiger partial charge in [-0.15, -0.1) is 0 Å². The fourth-order valence-corrected chi connectivity index (χ4v) is 3.93. The van der Waals surface area contributed by atoms with Gasteiger partial charge in [-0.05, 0) is 55.8 Å². The lowest BCUT2D eigenvalue weighted by atomic mass is 10.1. The minimum absolute atomic E-state index is 0.130. The van der Waals surface area contributed by atoms with E-state index in [1.165, 1.54) is 5.56 Å². The quantitative estimate of drug-likeness (QED) is 0.407. The number of hydrogen-bond donors (Lipinski definition) is 1. The predicted octanol–water partition coefficient (Wildman–Crippen LogP) is 4.71. The highest BCUT2D eigenvalue weighted by Crippen LogP contribution is 2.20. The fraction of sp³-hybridized carbons (Fsp3) is 0.259. The highest BCUT2D eigenvalue weighted by Gasteiger charge is 2.12. The molecule has 0 aliphatic carbocycles. The largest absolute Gasteiger partial charge is 0.497 e. The number of nitrogens with zero attached hydrogens (tertiary/aromatic N) is 2. The van der Waals surface area contributed by atoms with Crippen LogP contribution in [0.15, 0.2) is 66.7 Å². The van der Waals surface area contributed by atoms with Crippen LogP contribution in [0.4, 0.5) is 0 Å². The van der Waals surface area contributed by atoms with Crippen LogP contribution in [0.5, 0.6) is 11.5 Å². The summed E-state index contributed by atoms with van der Waals surface area (Å²) in [5, 5.41) is 2.99. The molecule has 0 saturated carbocycles. The molecule has 6 nitrogen and oxygen atoms in total. The summed E-state index contributed by atoms with van der Waals surface area (Å²) in [4.78, 5) is 17.3. The second kappa shape index (κ2) is 10.2. The van der Waals surface area contributed by atoms with Gasteiger partial charge < -0.3 is 19.4 Å². The number of hydrogen-bond acceptors (Lipinski definition) is 4. The number of ether oxygens (including phenoxy) is 2. The van der Waals surface area contributed by atoms with E-state index in [0.29, 0.717) is 37.4 Å². The van der Waals surface area contributed by atoms with Gasteiger partial charge in [0.25, 0.3) is 5.91 Å². The summed E-state index contributed by atoms with van der Waals surface area (Å²) in [5.41, 5.74) is 4.93. The number of aromatic nitrogens is 2. The van der Waals surface area contributed by atoms with Crippen molar-refractivity contribution in [1.82, 2.24) is 14.9 Å². The van der Waals surface area contributed by atoms with Crippen molar-refractivity contribution in [1.29, 1.82) is 0 Å². The van der Waals surface area contributed by atoms with Gasteiger partial charge in [0, 0.05) is 18.5 Å². The smallest absolute Gasteiger partial charge is 0.251 e. The number of amides is 1. The zero-order valence-electron chi connectivity index (χ0n) is 19.3. The number of para-hydroxylation sites is 2. The van der Waals surface area contributed by atoms with Gasteiger partial charge >= 0.3 is 0 Å². The van der Waals surface area contributed by atoms with Crippen molar-refractivity contribution in [2.24, 2.45) is 0 Å². The molecule has 0 radical (unpaired) electrons. The highest BCUT2D eigenvalue weighted by molar-refractivity contribution is 5.94. The summed E-state index contributed by atoms with van der Waals surface area (Å²) in [6.45, 7) is 5.83. The van der Waals surface area contributed by atoms with Gasteiger partial charge in [-0.3, -0.25) is 4.79 Å². The summed E-state index contributed by atoms with van der Waals surface area (Å²) >= 11 is 0. The molecule has 170 valence electrons. The van der Waals surface area contributed by atoms with Crippen molar-refractivity contribution in [2.75, 3.05) is 20.3 Å². The monoisotopic (exact) mass is 443 g/mol. The first-order valence-electron chi connectivity index (χ1n) is 11.1. The van der Waals surface area contributed by atoms with Gasteiger partial charge in [0.15, 0.2) is 0 Å². The summed E-state index contributed by atoms with van der Waals surface area (Å²) in [7, 11) is 1.59. The number of nitrogens with one attached hydrogen (secondary N) is 1. The third kappa shape index (κ3) is 5.34. The van der Waals surface area contributed by atoms with Crippen molar-refractivity contribution in [3.63, 3.8) is 0 Å². The molecule has 33 heavy (non-hydrogen) atoms. The number of fused-ring (bicyclic) bond motifs is 1. The van der Waals surface area contributed by atoms with Gasteiger partial charge in [-0.25, -0.2) is 4.98 Å². The molecule has 1 amide bonds. The number of methoxy groups -OCH3 is 1. The minimum atomic E-state index is -0.130. The Morgan fingerprint density at radius 3 is 2.70 bits per heavy atom. The summed E-state index contributed by atoms with van der Waals surface area (Å²) in [6.07, 6.45) is 0.619. The van der Waals surface area contributed by atoms with E-state index in [0.717, 1.165) is 28.2 Å². The van der Waals surface area contributed by atoms with Crippen LogP contribution in [0.1, 0.15) is 27.3 Å². The molecule has 1 aromatic heterocycles. The Hall–Kier alpha value is -3.80. The van der Waals surface area contributed by atoms with E-state index in [9.17, 15) is 4.79 Å². The molecule has 0 aliphatic rings. The molecule has 0 bridgehead atoms. The van der Waals surface area contributed by atoms with E-state index >= 15 is 0 Å². The maximum atomic E-state index is 12.5. The van der Waals surface area contributed by atoms with Crippen LogP contribution in [0.3, 0.4) is 0 Å². The summed E-state index contributed by atoms with van der Waals surface area (Å²) < 4.78 is 13.4.